The van der Waals surface area contributed by atoms with Gasteiger partial charge in [0.15, 0.2) is 11.5 Å². The van der Waals surface area contributed by atoms with Crippen LogP contribution in [0.3, 0.4) is 0 Å². The molecule has 0 saturated heterocycles. The smallest absolute Gasteiger partial charge is 0.355 e. The Morgan fingerprint density at radius 3 is 2.88 bits per heavy atom. The number of esters is 1. The monoisotopic (exact) mass is 221 g/mol. The summed E-state index contributed by atoms with van der Waals surface area (Å²) in [5.41, 5.74) is 0.979. The molecule has 2 aromatic heterocycles. The van der Waals surface area contributed by atoms with Crippen LogP contribution in [0.4, 0.5) is 0 Å². The lowest BCUT2D eigenvalue weighted by Gasteiger charge is -2.04. The van der Waals surface area contributed by atoms with Crippen molar-refractivity contribution in [2.45, 2.75) is 6.61 Å². The SMILES string of the molecule is COCc1nnc2cccc(C(=O)OC)n12. The Kier molecular flexibility index (Phi) is 2.82. The molecule has 0 N–H and O–H groups in total. The van der Waals surface area contributed by atoms with Gasteiger partial charge in [-0.15, -0.1) is 10.2 Å². The molecule has 0 radical (unpaired) electrons. The average Bonchev–Trinajstić information content (AvgIpc) is 2.72. The van der Waals surface area contributed by atoms with Crippen LogP contribution in [-0.4, -0.2) is 34.8 Å². The lowest BCUT2D eigenvalue weighted by molar-refractivity contribution is 0.0591. The molecule has 0 atom stereocenters. The molecule has 0 aliphatic heterocycles. The minimum Gasteiger partial charge on any atom is -0.464 e. The Labute approximate surface area is 91.8 Å². The molecule has 0 aliphatic carbocycles. The van der Waals surface area contributed by atoms with Crippen molar-refractivity contribution in [1.29, 1.82) is 0 Å². The van der Waals surface area contributed by atoms with Gasteiger partial charge < -0.3 is 9.47 Å². The van der Waals surface area contributed by atoms with E-state index in [1.165, 1.54) is 7.11 Å². The fourth-order valence-corrected chi connectivity index (χ4v) is 1.49. The Hall–Kier alpha value is -1.95. The van der Waals surface area contributed by atoms with E-state index in [9.17, 15) is 4.79 Å². The zero-order chi connectivity index (χ0) is 11.5. The van der Waals surface area contributed by atoms with Crippen molar-refractivity contribution >= 4 is 11.6 Å². The number of carbonyl (C=O) groups excluding carboxylic acids is 1. The summed E-state index contributed by atoms with van der Waals surface area (Å²) >= 11 is 0. The van der Waals surface area contributed by atoms with Crippen molar-refractivity contribution in [2.24, 2.45) is 0 Å². The van der Waals surface area contributed by atoms with Gasteiger partial charge in [-0.3, -0.25) is 4.40 Å². The van der Waals surface area contributed by atoms with E-state index in [2.05, 4.69) is 10.2 Å². The van der Waals surface area contributed by atoms with E-state index < -0.39 is 5.97 Å². The van der Waals surface area contributed by atoms with Crippen molar-refractivity contribution in [1.82, 2.24) is 14.6 Å². The third-order valence-electron chi connectivity index (χ3n) is 2.16. The fourth-order valence-electron chi connectivity index (χ4n) is 1.49. The van der Waals surface area contributed by atoms with Crippen LogP contribution >= 0.6 is 0 Å². The molecule has 0 saturated carbocycles. The van der Waals surface area contributed by atoms with Gasteiger partial charge in [-0.25, -0.2) is 4.79 Å². The molecule has 2 rings (SSSR count). The highest BCUT2D eigenvalue weighted by Gasteiger charge is 2.14. The Bertz CT molecular complexity index is 521. The summed E-state index contributed by atoms with van der Waals surface area (Å²) in [5, 5.41) is 7.88. The second-order valence-corrected chi connectivity index (χ2v) is 3.15. The maximum Gasteiger partial charge on any atom is 0.355 e. The van der Waals surface area contributed by atoms with E-state index in [0.29, 0.717) is 17.2 Å². The van der Waals surface area contributed by atoms with Gasteiger partial charge in [0.25, 0.3) is 0 Å². The summed E-state index contributed by atoms with van der Waals surface area (Å²) < 4.78 is 11.3. The molecule has 0 fully saturated rings. The number of ether oxygens (including phenoxy) is 2. The zero-order valence-electron chi connectivity index (χ0n) is 9.01. The molecule has 0 aromatic carbocycles. The van der Waals surface area contributed by atoms with Crippen LogP contribution in [0.5, 0.6) is 0 Å². The van der Waals surface area contributed by atoms with Gasteiger partial charge in [0.05, 0.1) is 7.11 Å². The van der Waals surface area contributed by atoms with Gasteiger partial charge in [0, 0.05) is 7.11 Å². The van der Waals surface area contributed by atoms with Crippen LogP contribution in [0.15, 0.2) is 18.2 Å². The van der Waals surface area contributed by atoms with E-state index in [-0.39, 0.29) is 6.61 Å². The number of methoxy groups -OCH3 is 2. The van der Waals surface area contributed by atoms with Crippen molar-refractivity contribution in [3.8, 4) is 0 Å². The standard InChI is InChI=1S/C10H11N3O3/c1-15-6-9-12-11-8-5-3-4-7(13(8)9)10(14)16-2/h3-5H,6H2,1-2H3. The van der Waals surface area contributed by atoms with E-state index in [1.807, 2.05) is 0 Å². The lowest BCUT2D eigenvalue weighted by atomic mass is 10.3. The molecular weight excluding hydrogens is 210 g/mol. The van der Waals surface area contributed by atoms with Gasteiger partial charge >= 0.3 is 5.97 Å². The Balaban J connectivity index is 2.63. The van der Waals surface area contributed by atoms with Gasteiger partial charge in [0.1, 0.15) is 12.3 Å². The molecule has 2 heterocycles. The summed E-state index contributed by atoms with van der Waals surface area (Å²) in [6, 6.07) is 5.15. The Morgan fingerprint density at radius 2 is 2.19 bits per heavy atom. The van der Waals surface area contributed by atoms with E-state index in [1.54, 1.807) is 29.7 Å². The van der Waals surface area contributed by atoms with E-state index in [4.69, 9.17) is 9.47 Å². The maximum absolute atomic E-state index is 11.5. The first-order chi connectivity index (χ1) is 7.77. The summed E-state index contributed by atoms with van der Waals surface area (Å²) in [6.07, 6.45) is 0. The first kappa shape index (κ1) is 10.6. The quantitative estimate of drug-likeness (QED) is 0.712. The molecule has 2 aromatic rings. The number of carbonyl (C=O) groups is 1. The predicted octanol–water partition coefficient (Wildman–Crippen LogP) is 0.662. The van der Waals surface area contributed by atoms with Gasteiger partial charge in [0.2, 0.25) is 0 Å². The Morgan fingerprint density at radius 1 is 1.38 bits per heavy atom. The van der Waals surface area contributed by atoms with Crippen LogP contribution in [0.2, 0.25) is 0 Å². The lowest BCUT2D eigenvalue weighted by Crippen LogP contribution is -2.10. The molecule has 84 valence electrons. The first-order valence-corrected chi connectivity index (χ1v) is 4.68. The fraction of sp³-hybridized carbons (Fsp3) is 0.300. The first-order valence-electron chi connectivity index (χ1n) is 4.68. The number of hydrogen-bond donors (Lipinski definition) is 0. The number of nitrogens with zero attached hydrogens (tertiary/aromatic N) is 3. The molecule has 16 heavy (non-hydrogen) atoms. The molecule has 0 unspecified atom stereocenters. The number of rotatable bonds is 3. The largest absolute Gasteiger partial charge is 0.464 e. The van der Waals surface area contributed by atoms with E-state index >= 15 is 0 Å². The van der Waals surface area contributed by atoms with Crippen molar-refractivity contribution in [3.63, 3.8) is 0 Å². The number of fused-ring (bicyclic) bond motifs is 1. The number of pyridine rings is 1. The third kappa shape index (κ3) is 1.63. The molecule has 0 aliphatic rings. The maximum atomic E-state index is 11.5. The van der Waals surface area contributed by atoms with Crippen LogP contribution in [-0.2, 0) is 16.1 Å². The molecule has 6 nitrogen and oxygen atoms in total. The summed E-state index contributed by atoms with van der Waals surface area (Å²) in [5.74, 6) is 0.140. The molecule has 0 spiro atoms. The minimum atomic E-state index is -0.428. The van der Waals surface area contributed by atoms with Crippen LogP contribution < -0.4 is 0 Å². The highest BCUT2D eigenvalue weighted by Crippen LogP contribution is 2.10. The summed E-state index contributed by atoms with van der Waals surface area (Å²) in [4.78, 5) is 11.5. The minimum absolute atomic E-state index is 0.287. The second kappa shape index (κ2) is 4.28. The summed E-state index contributed by atoms with van der Waals surface area (Å²) in [6.45, 7) is 0.287. The molecule has 0 bridgehead atoms. The number of aromatic nitrogens is 3. The number of hydrogen-bond acceptors (Lipinski definition) is 5. The molecular formula is C10H11N3O3. The van der Waals surface area contributed by atoms with Crippen LogP contribution in [0, 0.1) is 0 Å². The summed E-state index contributed by atoms with van der Waals surface area (Å²) in [7, 11) is 2.89. The zero-order valence-corrected chi connectivity index (χ0v) is 9.01. The molecule has 6 heteroatoms. The van der Waals surface area contributed by atoms with Crippen molar-refractivity contribution in [2.75, 3.05) is 14.2 Å². The third-order valence-corrected chi connectivity index (χ3v) is 2.16. The van der Waals surface area contributed by atoms with E-state index in [0.717, 1.165) is 0 Å². The normalized spacial score (nSPS) is 10.6. The second-order valence-electron chi connectivity index (χ2n) is 3.15. The van der Waals surface area contributed by atoms with Gasteiger partial charge in [-0.1, -0.05) is 6.07 Å². The van der Waals surface area contributed by atoms with Crippen LogP contribution in [0.25, 0.3) is 5.65 Å². The van der Waals surface area contributed by atoms with Gasteiger partial charge in [-0.2, -0.15) is 0 Å². The highest BCUT2D eigenvalue weighted by molar-refractivity contribution is 5.88. The average molecular weight is 221 g/mol. The van der Waals surface area contributed by atoms with Crippen LogP contribution in [0.1, 0.15) is 16.3 Å². The van der Waals surface area contributed by atoms with Crippen molar-refractivity contribution in [3.05, 3.63) is 29.7 Å². The predicted molar refractivity (Wildman–Crippen MR) is 55.0 cm³/mol. The molecule has 0 amide bonds. The van der Waals surface area contributed by atoms with Crippen molar-refractivity contribution < 1.29 is 14.3 Å². The van der Waals surface area contributed by atoms with Gasteiger partial charge in [-0.05, 0) is 12.1 Å². The highest BCUT2D eigenvalue weighted by atomic mass is 16.5. The topological polar surface area (TPSA) is 65.7 Å².